The van der Waals surface area contributed by atoms with E-state index in [9.17, 15) is 0 Å². The standard InChI is InChI=1S/C50H100N2/c1-4-7-10-13-16-19-22-24-26-27-28-30-32-35-38-41-44-47-52-49-48-51(50(52)45-42-39-36-33-21-18-15-12-9-6-3)46-43-40-37-34-31-29-25-23-20-17-14-11-8-5-2/h48-50H,4-47H2,1-3H3. The molecule has 2 heteroatoms. The van der Waals surface area contributed by atoms with Gasteiger partial charge in [0.1, 0.15) is 6.17 Å². The minimum atomic E-state index is 0.636. The molecule has 1 unspecified atom stereocenters. The fourth-order valence-corrected chi connectivity index (χ4v) is 8.66. The fraction of sp³-hybridized carbons (Fsp3) is 0.960. The topological polar surface area (TPSA) is 6.48 Å². The van der Waals surface area contributed by atoms with Crippen LogP contribution < -0.4 is 0 Å². The van der Waals surface area contributed by atoms with Crippen molar-refractivity contribution in [2.24, 2.45) is 0 Å². The van der Waals surface area contributed by atoms with E-state index in [1.807, 2.05) is 0 Å². The molecule has 0 aromatic rings. The number of nitrogens with zero attached hydrogens (tertiary/aromatic N) is 2. The summed E-state index contributed by atoms with van der Waals surface area (Å²) in [7, 11) is 0. The molecule has 0 spiro atoms. The molecule has 1 atom stereocenters. The van der Waals surface area contributed by atoms with Crippen LogP contribution in [0.25, 0.3) is 0 Å². The third-order valence-electron chi connectivity index (χ3n) is 12.3. The minimum Gasteiger partial charge on any atom is -0.356 e. The van der Waals surface area contributed by atoms with E-state index in [-0.39, 0.29) is 0 Å². The van der Waals surface area contributed by atoms with Crippen LogP contribution >= 0.6 is 0 Å². The first-order valence-electron chi connectivity index (χ1n) is 25.0. The van der Waals surface area contributed by atoms with E-state index in [4.69, 9.17) is 0 Å². The van der Waals surface area contributed by atoms with Gasteiger partial charge in [-0.3, -0.25) is 0 Å². The van der Waals surface area contributed by atoms with Crippen molar-refractivity contribution in [1.29, 1.82) is 0 Å². The first-order chi connectivity index (χ1) is 25.8. The molecular weight excluding hydrogens is 629 g/mol. The third kappa shape index (κ3) is 32.7. The minimum absolute atomic E-state index is 0.636. The Kier molecular flexibility index (Phi) is 39.4. The summed E-state index contributed by atoms with van der Waals surface area (Å²) in [4.78, 5) is 5.48. The van der Waals surface area contributed by atoms with Crippen molar-refractivity contribution in [3.05, 3.63) is 12.4 Å². The van der Waals surface area contributed by atoms with Crippen LogP contribution in [-0.2, 0) is 0 Å². The molecule has 0 saturated carbocycles. The molecule has 0 aliphatic carbocycles. The van der Waals surface area contributed by atoms with Gasteiger partial charge in [-0.25, -0.2) is 0 Å². The van der Waals surface area contributed by atoms with Gasteiger partial charge in [-0.2, -0.15) is 0 Å². The largest absolute Gasteiger partial charge is 0.356 e. The molecule has 0 bridgehead atoms. The zero-order valence-corrected chi connectivity index (χ0v) is 36.7. The van der Waals surface area contributed by atoms with E-state index in [0.717, 1.165) is 0 Å². The van der Waals surface area contributed by atoms with E-state index in [2.05, 4.69) is 43.0 Å². The maximum absolute atomic E-state index is 2.74. The van der Waals surface area contributed by atoms with Gasteiger partial charge in [-0.1, -0.05) is 265 Å². The summed E-state index contributed by atoms with van der Waals surface area (Å²) in [6, 6.07) is 0. The van der Waals surface area contributed by atoms with Crippen molar-refractivity contribution in [3.8, 4) is 0 Å². The highest BCUT2D eigenvalue weighted by Crippen LogP contribution is 2.24. The summed E-state index contributed by atoms with van der Waals surface area (Å²) in [5, 5.41) is 0. The molecule has 0 radical (unpaired) electrons. The Labute approximate surface area is 330 Å². The first kappa shape index (κ1) is 49.4. The normalized spacial score (nSPS) is 14.4. The Morgan fingerprint density at radius 1 is 0.250 bits per heavy atom. The summed E-state index contributed by atoms with van der Waals surface area (Å²) in [5.74, 6) is 0. The molecule has 1 aliphatic rings. The van der Waals surface area contributed by atoms with Crippen LogP contribution in [0, 0.1) is 0 Å². The maximum atomic E-state index is 2.74. The van der Waals surface area contributed by atoms with E-state index in [0.29, 0.717) is 6.17 Å². The van der Waals surface area contributed by atoms with E-state index in [1.54, 1.807) is 0 Å². The lowest BCUT2D eigenvalue weighted by molar-refractivity contribution is 0.135. The molecule has 0 saturated heterocycles. The van der Waals surface area contributed by atoms with Crippen molar-refractivity contribution < 1.29 is 0 Å². The van der Waals surface area contributed by atoms with Gasteiger partial charge in [0.25, 0.3) is 0 Å². The lowest BCUT2D eigenvalue weighted by Gasteiger charge is -2.33. The first-order valence-corrected chi connectivity index (χ1v) is 25.0. The second kappa shape index (κ2) is 41.5. The van der Waals surface area contributed by atoms with Crippen LogP contribution in [0.15, 0.2) is 12.4 Å². The zero-order chi connectivity index (χ0) is 37.3. The van der Waals surface area contributed by atoms with Gasteiger partial charge in [0.05, 0.1) is 0 Å². The smallest absolute Gasteiger partial charge is 0.101 e. The lowest BCUT2D eigenvalue weighted by atomic mass is 10.0. The predicted octanol–water partition coefficient (Wildman–Crippen LogP) is 17.8. The van der Waals surface area contributed by atoms with E-state index in [1.165, 1.54) is 283 Å². The summed E-state index contributed by atoms with van der Waals surface area (Å²) in [5.41, 5.74) is 0. The molecule has 310 valence electrons. The SMILES string of the molecule is CCCCCCCCCCCCCCCCCCCN1C=CN(CCCCCCCCCCCCCCCC)C1CCCCCCCCCCCC. The van der Waals surface area contributed by atoms with Gasteiger partial charge < -0.3 is 9.80 Å². The Morgan fingerprint density at radius 2 is 0.442 bits per heavy atom. The summed E-state index contributed by atoms with van der Waals surface area (Å²) in [6.07, 6.45) is 66.4. The average molecular weight is 729 g/mol. The van der Waals surface area contributed by atoms with Gasteiger partial charge in [-0.05, 0) is 25.7 Å². The highest BCUT2D eigenvalue weighted by Gasteiger charge is 2.24. The van der Waals surface area contributed by atoms with Crippen LogP contribution in [0.3, 0.4) is 0 Å². The Balaban J connectivity index is 2.16. The molecule has 1 heterocycles. The lowest BCUT2D eigenvalue weighted by Crippen LogP contribution is -2.39. The molecular formula is C50H100N2. The van der Waals surface area contributed by atoms with Crippen LogP contribution in [0.5, 0.6) is 0 Å². The molecule has 1 aliphatic heterocycles. The number of hydrogen-bond donors (Lipinski definition) is 0. The van der Waals surface area contributed by atoms with Gasteiger partial charge in [0, 0.05) is 25.5 Å². The van der Waals surface area contributed by atoms with E-state index < -0.39 is 0 Å². The van der Waals surface area contributed by atoms with Gasteiger partial charge in [0.15, 0.2) is 0 Å². The van der Waals surface area contributed by atoms with Gasteiger partial charge in [0.2, 0.25) is 0 Å². The average Bonchev–Trinajstić information content (AvgIpc) is 3.54. The summed E-state index contributed by atoms with van der Waals surface area (Å²) >= 11 is 0. The third-order valence-corrected chi connectivity index (χ3v) is 12.3. The van der Waals surface area contributed by atoms with Crippen LogP contribution in [-0.4, -0.2) is 29.1 Å². The summed E-state index contributed by atoms with van der Waals surface area (Å²) < 4.78 is 0. The van der Waals surface area contributed by atoms with Crippen LogP contribution in [0.2, 0.25) is 0 Å². The molecule has 0 fully saturated rings. The second-order valence-electron chi connectivity index (χ2n) is 17.5. The monoisotopic (exact) mass is 729 g/mol. The Bertz CT molecular complexity index is 688. The number of hydrogen-bond acceptors (Lipinski definition) is 2. The Hall–Kier alpha value is -0.660. The highest BCUT2D eigenvalue weighted by molar-refractivity contribution is 4.97. The molecule has 2 nitrogen and oxygen atoms in total. The van der Waals surface area contributed by atoms with Gasteiger partial charge >= 0.3 is 0 Å². The predicted molar refractivity (Wildman–Crippen MR) is 237 cm³/mol. The van der Waals surface area contributed by atoms with Crippen LogP contribution in [0.4, 0.5) is 0 Å². The maximum Gasteiger partial charge on any atom is 0.101 e. The molecule has 0 aromatic heterocycles. The molecule has 0 aromatic carbocycles. The molecule has 52 heavy (non-hydrogen) atoms. The highest BCUT2D eigenvalue weighted by atomic mass is 15.4. The van der Waals surface area contributed by atoms with Crippen molar-refractivity contribution in [3.63, 3.8) is 0 Å². The fourth-order valence-electron chi connectivity index (χ4n) is 8.66. The van der Waals surface area contributed by atoms with E-state index >= 15 is 0 Å². The van der Waals surface area contributed by atoms with Gasteiger partial charge in [-0.15, -0.1) is 0 Å². The molecule has 1 rings (SSSR count). The molecule has 0 N–H and O–H groups in total. The summed E-state index contributed by atoms with van der Waals surface area (Å²) in [6.45, 7) is 9.50. The van der Waals surface area contributed by atoms with Crippen molar-refractivity contribution in [2.75, 3.05) is 13.1 Å². The Morgan fingerprint density at radius 3 is 0.673 bits per heavy atom. The van der Waals surface area contributed by atoms with Crippen molar-refractivity contribution in [2.45, 2.75) is 297 Å². The van der Waals surface area contributed by atoms with Crippen molar-refractivity contribution >= 4 is 0 Å². The second-order valence-corrected chi connectivity index (χ2v) is 17.5. The molecule has 0 amide bonds. The number of rotatable bonds is 44. The van der Waals surface area contributed by atoms with Crippen molar-refractivity contribution in [1.82, 2.24) is 9.80 Å². The quantitative estimate of drug-likeness (QED) is 0.0576. The number of unbranched alkanes of at least 4 members (excludes halogenated alkanes) is 38. The zero-order valence-electron chi connectivity index (χ0n) is 36.7. The van der Waals surface area contributed by atoms with Crippen LogP contribution in [0.1, 0.15) is 290 Å².